The van der Waals surface area contributed by atoms with Crippen molar-refractivity contribution >= 4 is 33.2 Å². The molecule has 170 valence electrons. The zero-order chi connectivity index (χ0) is 22.9. The van der Waals surface area contributed by atoms with Crippen molar-refractivity contribution in [3.05, 3.63) is 59.4 Å². The van der Waals surface area contributed by atoms with E-state index in [1.807, 2.05) is 0 Å². The van der Waals surface area contributed by atoms with Crippen molar-refractivity contribution in [2.45, 2.75) is 24.3 Å². The Kier molecular flexibility index (Phi) is 6.31. The normalized spacial score (nSPS) is 17.4. The van der Waals surface area contributed by atoms with Gasteiger partial charge in [-0.15, -0.1) is 0 Å². The average molecular weight is 481 g/mol. The van der Waals surface area contributed by atoms with E-state index in [9.17, 15) is 17.6 Å². The highest BCUT2D eigenvalue weighted by atomic mass is 35.5. The van der Waals surface area contributed by atoms with E-state index in [2.05, 4.69) is 15.5 Å². The Morgan fingerprint density at radius 3 is 2.81 bits per heavy atom. The minimum Gasteiger partial charge on any atom is -0.323 e. The minimum absolute atomic E-state index is 0.0996. The Hall–Kier alpha value is -2.76. The summed E-state index contributed by atoms with van der Waals surface area (Å²) >= 11 is 6.06. The Balaban J connectivity index is 1.40. The highest BCUT2D eigenvalue weighted by molar-refractivity contribution is 7.89. The zero-order valence-electron chi connectivity index (χ0n) is 17.3. The van der Waals surface area contributed by atoms with Crippen LogP contribution in [-0.4, -0.2) is 51.3 Å². The summed E-state index contributed by atoms with van der Waals surface area (Å²) in [6.07, 6.45) is 7.07. The second kappa shape index (κ2) is 9.00. The zero-order valence-corrected chi connectivity index (χ0v) is 18.9. The Labute approximate surface area is 189 Å². The summed E-state index contributed by atoms with van der Waals surface area (Å²) < 4.78 is 43.2. The van der Waals surface area contributed by atoms with Gasteiger partial charge in [0, 0.05) is 37.6 Å². The number of nitrogens with one attached hydrogen (secondary N) is 1. The van der Waals surface area contributed by atoms with Crippen LogP contribution in [0.15, 0.2) is 47.9 Å². The summed E-state index contributed by atoms with van der Waals surface area (Å²) in [4.78, 5) is 12.9. The number of piperidine rings is 1. The number of rotatable bonds is 6. The molecule has 1 amide bonds. The van der Waals surface area contributed by atoms with Crippen LogP contribution in [0.4, 0.5) is 10.1 Å². The Morgan fingerprint density at radius 2 is 2.09 bits per heavy atom. The lowest BCUT2D eigenvalue weighted by atomic mass is 9.99. The lowest BCUT2D eigenvalue weighted by Gasteiger charge is -2.30. The molecule has 1 saturated heterocycles. The van der Waals surface area contributed by atoms with Gasteiger partial charge in [0.25, 0.3) is 0 Å². The third-order valence-electron chi connectivity index (χ3n) is 5.32. The molecule has 0 bridgehead atoms. The smallest absolute Gasteiger partial charge is 0.246 e. The molecule has 32 heavy (non-hydrogen) atoms. The van der Waals surface area contributed by atoms with Crippen LogP contribution in [-0.2, 0) is 28.4 Å². The first-order chi connectivity index (χ1) is 15.2. The van der Waals surface area contributed by atoms with Gasteiger partial charge in [0.15, 0.2) is 0 Å². The number of benzene rings is 1. The van der Waals surface area contributed by atoms with Crippen molar-refractivity contribution in [1.82, 2.24) is 23.9 Å². The number of aryl methyl sites for hydroxylation is 1. The molecule has 2 aromatic heterocycles. The van der Waals surface area contributed by atoms with Crippen LogP contribution < -0.4 is 5.32 Å². The van der Waals surface area contributed by atoms with Gasteiger partial charge in [-0.2, -0.15) is 14.5 Å². The van der Waals surface area contributed by atoms with E-state index in [1.54, 1.807) is 24.0 Å². The number of hydrogen-bond acceptors (Lipinski definition) is 5. The predicted molar refractivity (Wildman–Crippen MR) is 116 cm³/mol. The molecule has 0 aliphatic carbocycles. The van der Waals surface area contributed by atoms with Crippen LogP contribution in [0, 0.1) is 11.7 Å². The molecule has 0 spiro atoms. The topological polar surface area (TPSA) is 102 Å². The van der Waals surface area contributed by atoms with Crippen molar-refractivity contribution < 1.29 is 17.6 Å². The molecule has 0 radical (unpaired) electrons. The maximum atomic E-state index is 13.2. The summed E-state index contributed by atoms with van der Waals surface area (Å²) in [5, 5.41) is 11.2. The van der Waals surface area contributed by atoms with Crippen molar-refractivity contribution in [1.29, 1.82) is 0 Å². The highest BCUT2D eigenvalue weighted by Gasteiger charge is 2.34. The first-order valence-electron chi connectivity index (χ1n) is 9.98. The summed E-state index contributed by atoms with van der Waals surface area (Å²) in [6, 6.07) is 4.14. The third-order valence-corrected chi connectivity index (χ3v) is 7.49. The number of aromatic nitrogens is 4. The Morgan fingerprint density at radius 1 is 1.28 bits per heavy atom. The molecule has 4 rings (SSSR count). The number of amides is 1. The van der Waals surface area contributed by atoms with Crippen molar-refractivity contribution in [2.24, 2.45) is 13.0 Å². The van der Waals surface area contributed by atoms with Gasteiger partial charge >= 0.3 is 0 Å². The fraction of sp³-hybridized carbons (Fsp3) is 0.350. The number of halogens is 2. The molecule has 1 fully saturated rings. The highest BCUT2D eigenvalue weighted by Crippen LogP contribution is 2.25. The molecular weight excluding hydrogens is 459 g/mol. The first-order valence-corrected chi connectivity index (χ1v) is 11.8. The van der Waals surface area contributed by atoms with E-state index in [0.717, 1.165) is 0 Å². The van der Waals surface area contributed by atoms with Gasteiger partial charge in [0.05, 0.1) is 30.5 Å². The molecule has 3 aromatic rings. The van der Waals surface area contributed by atoms with Gasteiger partial charge < -0.3 is 5.32 Å². The van der Waals surface area contributed by atoms with Gasteiger partial charge in [-0.3, -0.25) is 14.2 Å². The fourth-order valence-electron chi connectivity index (χ4n) is 3.64. The maximum absolute atomic E-state index is 13.2. The summed E-state index contributed by atoms with van der Waals surface area (Å²) in [7, 11) is -2.06. The molecule has 0 saturated carbocycles. The summed E-state index contributed by atoms with van der Waals surface area (Å²) in [5.74, 6) is -1.17. The number of carbonyl (C=O) groups excluding carboxylic acids is 1. The van der Waals surface area contributed by atoms with Crippen LogP contribution >= 0.6 is 11.6 Å². The second-order valence-corrected chi connectivity index (χ2v) is 10.0. The molecule has 12 heteroatoms. The van der Waals surface area contributed by atoms with Crippen molar-refractivity contribution in [3.63, 3.8) is 0 Å². The largest absolute Gasteiger partial charge is 0.323 e. The molecule has 3 heterocycles. The molecule has 0 unspecified atom stereocenters. The van der Waals surface area contributed by atoms with E-state index in [1.165, 1.54) is 39.7 Å². The average Bonchev–Trinajstić information content (AvgIpc) is 3.39. The standard InChI is InChI=1S/C20H22ClFN6O3S/c1-26-13-18(9-23-26)32(30,31)28-6-2-3-15(11-28)20(29)25-17-8-24-27(12-17)10-14-4-5-16(22)7-19(14)21/h4-5,7-9,12-13,15H,2-3,6,10-11H2,1H3,(H,25,29)/t15-/m0/s1. The number of sulfonamides is 1. The molecule has 9 nitrogen and oxygen atoms in total. The lowest BCUT2D eigenvalue weighted by molar-refractivity contribution is -0.120. The molecule has 1 aliphatic heterocycles. The number of carbonyl (C=O) groups is 1. The molecule has 1 atom stereocenters. The predicted octanol–water partition coefficient (Wildman–Crippen LogP) is 2.50. The van der Waals surface area contributed by atoms with E-state index in [0.29, 0.717) is 42.2 Å². The number of nitrogens with zero attached hydrogens (tertiary/aromatic N) is 5. The van der Waals surface area contributed by atoms with Crippen LogP contribution in [0.5, 0.6) is 0 Å². The van der Waals surface area contributed by atoms with Gasteiger partial charge in [0.2, 0.25) is 15.9 Å². The van der Waals surface area contributed by atoms with Gasteiger partial charge in [-0.05, 0) is 30.5 Å². The third kappa shape index (κ3) is 4.84. The second-order valence-electron chi connectivity index (χ2n) is 7.70. The van der Waals surface area contributed by atoms with Crippen LogP contribution in [0.2, 0.25) is 5.02 Å². The number of hydrogen-bond donors (Lipinski definition) is 1. The van der Waals surface area contributed by atoms with Crippen molar-refractivity contribution in [3.8, 4) is 0 Å². The van der Waals surface area contributed by atoms with E-state index in [-0.39, 0.29) is 17.3 Å². The van der Waals surface area contributed by atoms with Gasteiger partial charge in [0.1, 0.15) is 10.7 Å². The quantitative estimate of drug-likeness (QED) is 0.584. The van der Waals surface area contributed by atoms with Gasteiger partial charge in [-0.1, -0.05) is 17.7 Å². The Bertz CT molecular complexity index is 1240. The van der Waals surface area contributed by atoms with E-state index >= 15 is 0 Å². The van der Waals surface area contributed by atoms with E-state index < -0.39 is 21.8 Å². The first kappa shape index (κ1) is 22.4. The van der Waals surface area contributed by atoms with Gasteiger partial charge in [-0.25, -0.2) is 12.8 Å². The van der Waals surface area contributed by atoms with Crippen molar-refractivity contribution in [2.75, 3.05) is 18.4 Å². The molecule has 1 aliphatic rings. The minimum atomic E-state index is -3.70. The monoisotopic (exact) mass is 480 g/mol. The fourth-order valence-corrected chi connectivity index (χ4v) is 5.38. The summed E-state index contributed by atoms with van der Waals surface area (Å²) in [5.41, 5.74) is 1.18. The maximum Gasteiger partial charge on any atom is 0.246 e. The van der Waals surface area contributed by atoms with E-state index in [4.69, 9.17) is 11.6 Å². The molecule has 1 N–H and O–H groups in total. The number of anilines is 1. The molecule has 1 aromatic carbocycles. The molecular formula is C20H22ClFN6O3S. The van der Waals surface area contributed by atoms with Crippen LogP contribution in [0.3, 0.4) is 0 Å². The van der Waals surface area contributed by atoms with Crippen LogP contribution in [0.1, 0.15) is 18.4 Å². The SMILES string of the molecule is Cn1cc(S(=O)(=O)N2CCC[C@H](C(=O)Nc3cnn(Cc4ccc(F)cc4Cl)c3)C2)cn1. The van der Waals surface area contributed by atoms with Crippen LogP contribution in [0.25, 0.3) is 0 Å². The summed E-state index contributed by atoms with van der Waals surface area (Å²) in [6.45, 7) is 0.773. The lowest BCUT2D eigenvalue weighted by Crippen LogP contribution is -2.43.